The third-order valence-corrected chi connectivity index (χ3v) is 1.94. The number of aryl methyl sites for hydroxylation is 2. The van der Waals surface area contributed by atoms with E-state index in [1.54, 1.807) is 12.1 Å². The maximum atomic E-state index is 9.16. The van der Waals surface area contributed by atoms with Crippen LogP contribution in [-0.4, -0.2) is 10.2 Å². The molecule has 0 aromatic heterocycles. The number of phenols is 2. The Balaban J connectivity index is 2.71. The van der Waals surface area contributed by atoms with Gasteiger partial charge >= 0.3 is 0 Å². The zero-order valence-corrected chi connectivity index (χ0v) is 5.46. The lowest BCUT2D eigenvalue weighted by atomic mass is 9.94. The van der Waals surface area contributed by atoms with Crippen LogP contribution in [0.1, 0.15) is 11.1 Å². The standard InChI is InChI=1S/C8H8O2/c9-7-4-6-2-1-5(7)3-8(6)10/h3-4,9-10H,1-2H2. The Bertz CT molecular complexity index is 249. The lowest BCUT2D eigenvalue weighted by Gasteiger charge is -2.15. The van der Waals surface area contributed by atoms with Gasteiger partial charge in [0.25, 0.3) is 0 Å². The molecule has 2 bridgehead atoms. The molecule has 2 aliphatic rings. The van der Waals surface area contributed by atoms with Crippen LogP contribution in [0, 0.1) is 0 Å². The summed E-state index contributed by atoms with van der Waals surface area (Å²) >= 11 is 0. The largest absolute Gasteiger partial charge is 0.508 e. The van der Waals surface area contributed by atoms with E-state index in [1.165, 1.54) is 0 Å². The van der Waals surface area contributed by atoms with Crippen molar-refractivity contribution in [2.75, 3.05) is 0 Å². The van der Waals surface area contributed by atoms with E-state index in [4.69, 9.17) is 10.2 Å². The van der Waals surface area contributed by atoms with Gasteiger partial charge in [0.1, 0.15) is 11.5 Å². The van der Waals surface area contributed by atoms with Crippen LogP contribution < -0.4 is 0 Å². The monoisotopic (exact) mass is 136 g/mol. The van der Waals surface area contributed by atoms with Crippen LogP contribution in [0.5, 0.6) is 11.5 Å². The fourth-order valence-electron chi connectivity index (χ4n) is 1.33. The number of hydrogen-bond donors (Lipinski definition) is 2. The molecule has 52 valence electrons. The maximum absolute atomic E-state index is 9.16. The van der Waals surface area contributed by atoms with Gasteiger partial charge in [0.05, 0.1) is 0 Å². The first-order chi connectivity index (χ1) is 4.77. The van der Waals surface area contributed by atoms with Gasteiger partial charge in [-0.2, -0.15) is 0 Å². The van der Waals surface area contributed by atoms with Crippen molar-refractivity contribution in [2.24, 2.45) is 0 Å². The molecule has 0 heterocycles. The molecule has 2 heteroatoms. The summed E-state index contributed by atoms with van der Waals surface area (Å²) in [5.74, 6) is 0.637. The molecule has 0 unspecified atom stereocenters. The molecule has 0 amide bonds. The highest BCUT2D eigenvalue weighted by molar-refractivity contribution is 5.49. The van der Waals surface area contributed by atoms with Gasteiger partial charge in [0, 0.05) is 0 Å². The summed E-state index contributed by atoms with van der Waals surface area (Å²) in [7, 11) is 0. The SMILES string of the molecule is Oc1cc2c(O)cc1CC2. The number of hydrogen-bond acceptors (Lipinski definition) is 2. The zero-order chi connectivity index (χ0) is 7.14. The summed E-state index contributed by atoms with van der Waals surface area (Å²) in [6, 6.07) is 3.27. The Morgan fingerprint density at radius 3 is 1.50 bits per heavy atom. The number of benzene rings is 1. The first-order valence-corrected chi connectivity index (χ1v) is 3.31. The Morgan fingerprint density at radius 1 is 0.900 bits per heavy atom. The number of rotatable bonds is 0. The average molecular weight is 136 g/mol. The van der Waals surface area contributed by atoms with E-state index < -0.39 is 0 Å². The molecule has 0 saturated heterocycles. The van der Waals surface area contributed by atoms with E-state index in [9.17, 15) is 0 Å². The van der Waals surface area contributed by atoms with E-state index in [1.807, 2.05) is 0 Å². The van der Waals surface area contributed by atoms with Crippen molar-refractivity contribution >= 4 is 0 Å². The first kappa shape index (κ1) is 5.59. The summed E-state index contributed by atoms with van der Waals surface area (Å²) in [5, 5.41) is 18.3. The fraction of sp³-hybridized carbons (Fsp3) is 0.250. The number of fused-ring (bicyclic) bond motifs is 3. The van der Waals surface area contributed by atoms with Crippen molar-refractivity contribution in [2.45, 2.75) is 12.8 Å². The molecule has 1 aromatic carbocycles. The topological polar surface area (TPSA) is 40.5 Å². The van der Waals surface area contributed by atoms with Crippen molar-refractivity contribution in [1.29, 1.82) is 0 Å². The minimum atomic E-state index is 0.319. The molecule has 0 saturated carbocycles. The Kier molecular flexibility index (Phi) is 0.926. The maximum Gasteiger partial charge on any atom is 0.119 e. The third kappa shape index (κ3) is 0.588. The highest BCUT2D eigenvalue weighted by atomic mass is 16.3. The van der Waals surface area contributed by atoms with Crippen molar-refractivity contribution in [3.05, 3.63) is 23.3 Å². The van der Waals surface area contributed by atoms with Crippen molar-refractivity contribution in [3.63, 3.8) is 0 Å². The predicted molar refractivity (Wildman–Crippen MR) is 37.2 cm³/mol. The molecule has 0 aliphatic heterocycles. The van der Waals surface area contributed by atoms with Crippen LogP contribution in [0.2, 0.25) is 0 Å². The van der Waals surface area contributed by atoms with E-state index in [2.05, 4.69) is 0 Å². The molecule has 2 N–H and O–H groups in total. The second-order valence-corrected chi connectivity index (χ2v) is 2.61. The lowest BCUT2D eigenvalue weighted by molar-refractivity contribution is 0.440. The molecule has 0 spiro atoms. The van der Waals surface area contributed by atoms with Crippen molar-refractivity contribution in [3.8, 4) is 11.5 Å². The molecular weight excluding hydrogens is 128 g/mol. The Morgan fingerprint density at radius 2 is 1.30 bits per heavy atom. The Hall–Kier alpha value is -1.18. The summed E-state index contributed by atoms with van der Waals surface area (Å²) < 4.78 is 0. The average Bonchev–Trinajstić information content (AvgIpc) is 1.91. The third-order valence-electron chi connectivity index (χ3n) is 1.94. The minimum Gasteiger partial charge on any atom is -0.508 e. The molecule has 2 nitrogen and oxygen atoms in total. The second-order valence-electron chi connectivity index (χ2n) is 2.61. The lowest BCUT2D eigenvalue weighted by Crippen LogP contribution is -2.00. The molecule has 0 radical (unpaired) electrons. The van der Waals surface area contributed by atoms with Gasteiger partial charge in [-0.15, -0.1) is 0 Å². The van der Waals surface area contributed by atoms with Gasteiger partial charge < -0.3 is 10.2 Å². The van der Waals surface area contributed by atoms with Crippen LogP contribution in [-0.2, 0) is 12.8 Å². The molecule has 2 aliphatic carbocycles. The number of phenolic OH excluding ortho intramolecular Hbond substituents is 2. The Labute approximate surface area is 58.7 Å². The summed E-state index contributed by atoms with van der Waals surface area (Å²) in [6.45, 7) is 0. The van der Waals surface area contributed by atoms with E-state index in [0.29, 0.717) is 11.5 Å². The van der Waals surface area contributed by atoms with Crippen LogP contribution in [0.4, 0.5) is 0 Å². The molecule has 0 fully saturated rings. The zero-order valence-electron chi connectivity index (χ0n) is 5.46. The van der Waals surface area contributed by atoms with Gasteiger partial charge in [-0.1, -0.05) is 0 Å². The number of aromatic hydroxyl groups is 2. The van der Waals surface area contributed by atoms with Gasteiger partial charge in [-0.05, 0) is 36.1 Å². The van der Waals surface area contributed by atoms with Gasteiger partial charge in [-0.25, -0.2) is 0 Å². The van der Waals surface area contributed by atoms with Crippen LogP contribution in [0.3, 0.4) is 0 Å². The second kappa shape index (κ2) is 1.66. The van der Waals surface area contributed by atoms with E-state index in [-0.39, 0.29) is 0 Å². The highest BCUT2D eigenvalue weighted by Crippen LogP contribution is 2.33. The smallest absolute Gasteiger partial charge is 0.119 e. The molecule has 1 aromatic rings. The molecule has 10 heavy (non-hydrogen) atoms. The summed E-state index contributed by atoms with van der Waals surface area (Å²) in [4.78, 5) is 0. The van der Waals surface area contributed by atoms with Crippen molar-refractivity contribution < 1.29 is 10.2 Å². The predicted octanol–water partition coefficient (Wildman–Crippen LogP) is 1.20. The summed E-state index contributed by atoms with van der Waals surface area (Å²) in [6.07, 6.45) is 1.73. The quantitative estimate of drug-likeness (QED) is 0.526. The summed E-state index contributed by atoms with van der Waals surface area (Å²) in [5.41, 5.74) is 1.71. The van der Waals surface area contributed by atoms with Gasteiger partial charge in [0.15, 0.2) is 0 Å². The molecular formula is C8H8O2. The first-order valence-electron chi connectivity index (χ1n) is 3.31. The fourth-order valence-corrected chi connectivity index (χ4v) is 1.33. The van der Waals surface area contributed by atoms with E-state index in [0.717, 1.165) is 24.0 Å². The molecule has 3 rings (SSSR count). The molecule has 0 atom stereocenters. The van der Waals surface area contributed by atoms with Crippen LogP contribution in [0.15, 0.2) is 12.1 Å². The highest BCUT2D eigenvalue weighted by Gasteiger charge is 2.14. The van der Waals surface area contributed by atoms with Crippen LogP contribution >= 0.6 is 0 Å². The van der Waals surface area contributed by atoms with Crippen LogP contribution in [0.25, 0.3) is 0 Å². The minimum absolute atomic E-state index is 0.319. The van der Waals surface area contributed by atoms with Crippen molar-refractivity contribution in [1.82, 2.24) is 0 Å². The van der Waals surface area contributed by atoms with Gasteiger partial charge in [0.2, 0.25) is 0 Å². The van der Waals surface area contributed by atoms with E-state index >= 15 is 0 Å². The normalized spacial score (nSPS) is 14.0. The van der Waals surface area contributed by atoms with Gasteiger partial charge in [-0.3, -0.25) is 0 Å².